The summed E-state index contributed by atoms with van der Waals surface area (Å²) in [6.07, 6.45) is 0.531. The number of alkyl halides is 3. The molecule has 0 bridgehead atoms. The molecule has 0 saturated heterocycles. The van der Waals surface area contributed by atoms with Gasteiger partial charge in [0.25, 0.3) is 0 Å². The normalized spacial score (nSPS) is 19.8. The first-order valence-electron chi connectivity index (χ1n) is 11.3. The van der Waals surface area contributed by atoms with E-state index in [2.05, 4.69) is 0 Å². The number of nitrogens with zero attached hydrogens (tertiary/aromatic N) is 3. The van der Waals surface area contributed by atoms with Gasteiger partial charge in [-0.15, -0.1) is 0 Å². The molecule has 1 amide bonds. The second-order valence-corrected chi connectivity index (χ2v) is 11.4. The summed E-state index contributed by atoms with van der Waals surface area (Å²) in [7, 11) is 3.41. The van der Waals surface area contributed by atoms with Crippen molar-refractivity contribution in [1.29, 1.82) is 0 Å². The summed E-state index contributed by atoms with van der Waals surface area (Å²) in [6.45, 7) is 1.87. The smallest absolute Gasteiger partial charge is 0.344 e. The maximum Gasteiger partial charge on any atom is 0.416 e. The monoisotopic (exact) mass is 491 g/mol. The highest BCUT2D eigenvalue weighted by molar-refractivity contribution is 7.89. The third kappa shape index (κ3) is 8.26. The van der Waals surface area contributed by atoms with Gasteiger partial charge in [0.1, 0.15) is 0 Å². The highest BCUT2D eigenvalue weighted by atomic mass is 32.2. The fraction of sp³-hybridized carbons (Fsp3) is 0.696. The third-order valence-electron chi connectivity index (χ3n) is 6.45. The second-order valence-electron chi connectivity index (χ2n) is 9.35. The van der Waals surface area contributed by atoms with E-state index in [-0.39, 0.29) is 16.7 Å². The number of benzene rings is 1. The number of rotatable bonds is 10. The van der Waals surface area contributed by atoms with Gasteiger partial charge in [-0.2, -0.15) is 13.2 Å². The molecule has 1 fully saturated rings. The molecule has 1 aromatic rings. The predicted octanol–water partition coefficient (Wildman–Crippen LogP) is 3.93. The van der Waals surface area contributed by atoms with E-state index in [4.69, 9.17) is 0 Å². The molecule has 0 aliphatic heterocycles. The summed E-state index contributed by atoms with van der Waals surface area (Å²) >= 11 is 0. The van der Waals surface area contributed by atoms with Crippen molar-refractivity contribution in [2.75, 3.05) is 47.8 Å². The number of carbonyl (C=O) groups is 1. The van der Waals surface area contributed by atoms with Gasteiger partial charge in [-0.05, 0) is 69.5 Å². The number of halogens is 3. The quantitative estimate of drug-likeness (QED) is 0.498. The van der Waals surface area contributed by atoms with Gasteiger partial charge >= 0.3 is 6.18 Å². The Bertz CT molecular complexity index is 865. The Hall–Kier alpha value is -1.65. The summed E-state index contributed by atoms with van der Waals surface area (Å²) in [5, 5.41) is 0. The maximum atomic E-state index is 12.8. The Morgan fingerprint density at radius 1 is 0.939 bits per heavy atom. The van der Waals surface area contributed by atoms with Crippen LogP contribution in [-0.2, 0) is 21.0 Å². The van der Waals surface area contributed by atoms with Crippen LogP contribution in [0.1, 0.15) is 44.1 Å². The van der Waals surface area contributed by atoms with E-state index in [9.17, 15) is 26.4 Å². The van der Waals surface area contributed by atoms with Crippen molar-refractivity contribution in [3.63, 3.8) is 0 Å². The molecule has 0 N–H and O–H groups in total. The zero-order valence-electron chi connectivity index (χ0n) is 19.9. The van der Waals surface area contributed by atoms with Gasteiger partial charge in [0, 0.05) is 40.2 Å². The Kier molecular flexibility index (Phi) is 9.75. The summed E-state index contributed by atoms with van der Waals surface area (Å²) in [4.78, 5) is 16.0. The number of carbonyl (C=O) groups excluding carboxylic acids is 1. The molecule has 6 nitrogen and oxygen atoms in total. The third-order valence-corrected chi connectivity index (χ3v) is 8.28. The Morgan fingerprint density at radius 2 is 1.48 bits per heavy atom. The Balaban J connectivity index is 1.80. The van der Waals surface area contributed by atoms with Crippen molar-refractivity contribution < 1.29 is 26.4 Å². The number of amides is 1. The second kappa shape index (κ2) is 11.7. The Morgan fingerprint density at radius 3 is 2.00 bits per heavy atom. The average Bonchev–Trinajstić information content (AvgIpc) is 2.76. The molecular weight excluding hydrogens is 455 g/mol. The minimum Gasteiger partial charge on any atom is -0.344 e. The van der Waals surface area contributed by atoms with Gasteiger partial charge < -0.3 is 9.80 Å². The summed E-state index contributed by atoms with van der Waals surface area (Å²) in [6, 6.07) is 3.62. The van der Waals surface area contributed by atoms with E-state index in [0.717, 1.165) is 62.9 Å². The van der Waals surface area contributed by atoms with Crippen LogP contribution in [0.5, 0.6) is 0 Å². The van der Waals surface area contributed by atoms with Crippen LogP contribution >= 0.6 is 0 Å². The number of sulfonamides is 1. The van der Waals surface area contributed by atoms with Gasteiger partial charge in [0.2, 0.25) is 15.9 Å². The lowest BCUT2D eigenvalue weighted by molar-refractivity contribution is -0.137. The van der Waals surface area contributed by atoms with Gasteiger partial charge in [-0.1, -0.05) is 12.8 Å². The summed E-state index contributed by atoms with van der Waals surface area (Å²) < 4.78 is 65.0. The first-order chi connectivity index (χ1) is 15.3. The molecule has 0 unspecified atom stereocenters. The summed E-state index contributed by atoms with van der Waals surface area (Å²) in [5.74, 6) is 0.819. The van der Waals surface area contributed by atoms with Crippen LogP contribution in [0.2, 0.25) is 0 Å². The standard InChI is InChI=1S/C23H36F3N3O3S/c1-27(2)15-16-28(3)22(30)14-9-18-5-7-19(8-6-18)17-29(4)33(31,32)21-12-10-20(11-13-21)23(24,25)26/h10-13,18-19H,5-9,14-17H2,1-4H3. The topological polar surface area (TPSA) is 60.9 Å². The van der Waals surface area contributed by atoms with E-state index >= 15 is 0 Å². The van der Waals surface area contributed by atoms with Crippen molar-refractivity contribution in [1.82, 2.24) is 14.1 Å². The van der Waals surface area contributed by atoms with Crippen LogP contribution in [0.15, 0.2) is 29.2 Å². The molecule has 0 spiro atoms. The van der Waals surface area contributed by atoms with Crippen molar-refractivity contribution >= 4 is 15.9 Å². The molecule has 2 rings (SSSR count). The van der Waals surface area contributed by atoms with Crippen LogP contribution in [0.4, 0.5) is 13.2 Å². The molecule has 1 aliphatic rings. The van der Waals surface area contributed by atoms with Crippen molar-refractivity contribution in [3.05, 3.63) is 29.8 Å². The lowest BCUT2D eigenvalue weighted by Gasteiger charge is -2.31. The van der Waals surface area contributed by atoms with Gasteiger partial charge in [0.15, 0.2) is 0 Å². The molecule has 1 aromatic carbocycles. The molecule has 0 radical (unpaired) electrons. The molecule has 10 heteroatoms. The molecule has 33 heavy (non-hydrogen) atoms. The molecular formula is C23H36F3N3O3S. The lowest BCUT2D eigenvalue weighted by Crippen LogP contribution is -2.34. The predicted molar refractivity (Wildman–Crippen MR) is 122 cm³/mol. The van der Waals surface area contributed by atoms with Crippen LogP contribution < -0.4 is 0 Å². The van der Waals surface area contributed by atoms with Gasteiger partial charge in [-0.3, -0.25) is 4.79 Å². The molecule has 188 valence electrons. The van der Waals surface area contributed by atoms with Crippen LogP contribution in [0, 0.1) is 11.8 Å². The first kappa shape index (κ1) is 27.6. The van der Waals surface area contributed by atoms with E-state index < -0.39 is 21.8 Å². The van der Waals surface area contributed by atoms with E-state index in [1.54, 1.807) is 4.90 Å². The first-order valence-corrected chi connectivity index (χ1v) is 12.8. The molecule has 1 aliphatic carbocycles. The molecule has 0 heterocycles. The fourth-order valence-electron chi connectivity index (χ4n) is 4.15. The average molecular weight is 492 g/mol. The highest BCUT2D eigenvalue weighted by Crippen LogP contribution is 2.33. The molecule has 1 saturated carbocycles. The van der Waals surface area contributed by atoms with Crippen molar-refractivity contribution in [2.45, 2.75) is 49.6 Å². The van der Waals surface area contributed by atoms with Gasteiger partial charge in [-0.25, -0.2) is 12.7 Å². The number of hydrogen-bond acceptors (Lipinski definition) is 4. The fourth-order valence-corrected chi connectivity index (χ4v) is 5.40. The lowest BCUT2D eigenvalue weighted by atomic mass is 9.80. The van der Waals surface area contributed by atoms with E-state index in [1.807, 2.05) is 26.0 Å². The SMILES string of the molecule is CN(C)CCN(C)C(=O)CCC1CCC(CN(C)S(=O)(=O)c2ccc(C(F)(F)F)cc2)CC1. The van der Waals surface area contributed by atoms with Crippen molar-refractivity contribution in [2.24, 2.45) is 11.8 Å². The maximum absolute atomic E-state index is 12.8. The van der Waals surface area contributed by atoms with Crippen LogP contribution in [0.25, 0.3) is 0 Å². The number of hydrogen-bond donors (Lipinski definition) is 0. The molecule has 0 atom stereocenters. The van der Waals surface area contributed by atoms with Gasteiger partial charge in [0.05, 0.1) is 10.5 Å². The largest absolute Gasteiger partial charge is 0.416 e. The molecule has 0 aromatic heterocycles. The Labute approximate surface area is 195 Å². The number of likely N-dealkylation sites (N-methyl/N-ethyl adjacent to an activating group) is 2. The summed E-state index contributed by atoms with van der Waals surface area (Å²) in [5.41, 5.74) is -0.871. The zero-order valence-corrected chi connectivity index (χ0v) is 20.8. The van der Waals surface area contributed by atoms with Crippen LogP contribution in [-0.4, -0.2) is 76.3 Å². The zero-order chi connectivity index (χ0) is 24.8. The minimum absolute atomic E-state index is 0.136. The van der Waals surface area contributed by atoms with Crippen LogP contribution in [0.3, 0.4) is 0 Å². The van der Waals surface area contributed by atoms with Crippen molar-refractivity contribution in [3.8, 4) is 0 Å². The van der Waals surface area contributed by atoms with E-state index in [1.165, 1.54) is 11.4 Å². The highest BCUT2D eigenvalue weighted by Gasteiger charge is 2.32. The minimum atomic E-state index is -4.50. The van der Waals surface area contributed by atoms with E-state index in [0.29, 0.717) is 25.4 Å².